The zero-order chi connectivity index (χ0) is 10.7. The average Bonchev–Trinajstić information content (AvgIpc) is 2.84. The Labute approximate surface area is 91.0 Å². The average molecular weight is 212 g/mol. The van der Waals surface area contributed by atoms with Gasteiger partial charge in [-0.3, -0.25) is 10.1 Å². The van der Waals surface area contributed by atoms with Gasteiger partial charge in [-0.05, 0) is 18.8 Å². The van der Waals surface area contributed by atoms with E-state index in [2.05, 4.69) is 5.32 Å². The van der Waals surface area contributed by atoms with Crippen LogP contribution >= 0.6 is 0 Å². The molecule has 0 bridgehead atoms. The fourth-order valence-electron chi connectivity index (χ4n) is 2.71. The first-order chi connectivity index (χ1) is 7.33. The van der Waals surface area contributed by atoms with Crippen LogP contribution in [0.25, 0.3) is 0 Å². The molecule has 2 aliphatic rings. The first kappa shape index (κ1) is 10.9. The Morgan fingerprint density at radius 1 is 1.47 bits per heavy atom. The van der Waals surface area contributed by atoms with Gasteiger partial charge in [-0.2, -0.15) is 0 Å². The fraction of sp³-hybridized carbons (Fsp3) is 0.909. The zero-order valence-corrected chi connectivity index (χ0v) is 9.37. The standard InChI is InChI=1S/C11H20N2O2/c1-15-7-6-13-10(14)8-12-11(13)9-4-2-3-5-9/h9,11-12H,2-8H2,1H3. The maximum Gasteiger partial charge on any atom is 0.237 e. The van der Waals surface area contributed by atoms with Gasteiger partial charge < -0.3 is 9.64 Å². The first-order valence-electron chi connectivity index (χ1n) is 5.84. The molecule has 1 heterocycles. The quantitative estimate of drug-likeness (QED) is 0.741. The van der Waals surface area contributed by atoms with Gasteiger partial charge in [0.15, 0.2) is 0 Å². The Kier molecular flexibility index (Phi) is 3.59. The van der Waals surface area contributed by atoms with Crippen LogP contribution in [0.5, 0.6) is 0 Å². The van der Waals surface area contributed by atoms with Crippen LogP contribution in [0.1, 0.15) is 25.7 Å². The molecule has 1 amide bonds. The normalized spacial score (nSPS) is 27.9. The molecule has 0 aromatic heterocycles. The van der Waals surface area contributed by atoms with Gasteiger partial charge in [-0.15, -0.1) is 0 Å². The number of amides is 1. The topological polar surface area (TPSA) is 41.6 Å². The highest BCUT2D eigenvalue weighted by Crippen LogP contribution is 2.30. The molecule has 2 fully saturated rings. The predicted octanol–water partition coefficient (Wildman–Crippen LogP) is 0.581. The minimum Gasteiger partial charge on any atom is -0.383 e. The minimum atomic E-state index is 0.226. The molecule has 1 saturated heterocycles. The van der Waals surface area contributed by atoms with Crippen LogP contribution in [0, 0.1) is 5.92 Å². The third kappa shape index (κ3) is 2.32. The summed E-state index contributed by atoms with van der Waals surface area (Å²) >= 11 is 0. The van der Waals surface area contributed by atoms with E-state index >= 15 is 0 Å². The molecule has 1 atom stereocenters. The molecule has 86 valence electrons. The Morgan fingerprint density at radius 2 is 2.20 bits per heavy atom. The van der Waals surface area contributed by atoms with E-state index in [-0.39, 0.29) is 12.1 Å². The van der Waals surface area contributed by atoms with Gasteiger partial charge in [-0.1, -0.05) is 12.8 Å². The highest BCUT2D eigenvalue weighted by Gasteiger charge is 2.36. The number of nitrogens with zero attached hydrogens (tertiary/aromatic N) is 1. The van der Waals surface area contributed by atoms with Crippen molar-refractivity contribution in [1.82, 2.24) is 10.2 Å². The van der Waals surface area contributed by atoms with Crippen LogP contribution in [0.15, 0.2) is 0 Å². The Morgan fingerprint density at radius 3 is 2.87 bits per heavy atom. The number of hydrogen-bond acceptors (Lipinski definition) is 3. The SMILES string of the molecule is COCCN1C(=O)CNC1C1CCCC1. The van der Waals surface area contributed by atoms with Gasteiger partial charge in [0, 0.05) is 13.7 Å². The summed E-state index contributed by atoms with van der Waals surface area (Å²) in [6, 6.07) is 0. The molecule has 4 nitrogen and oxygen atoms in total. The zero-order valence-electron chi connectivity index (χ0n) is 9.37. The van der Waals surface area contributed by atoms with Crippen molar-refractivity contribution < 1.29 is 9.53 Å². The molecule has 1 unspecified atom stereocenters. The second-order valence-corrected chi connectivity index (χ2v) is 4.45. The van der Waals surface area contributed by atoms with Crippen molar-refractivity contribution in [3.63, 3.8) is 0 Å². The third-order valence-corrected chi connectivity index (χ3v) is 3.50. The number of hydrogen-bond donors (Lipinski definition) is 1. The molecule has 1 aliphatic heterocycles. The maximum atomic E-state index is 11.7. The summed E-state index contributed by atoms with van der Waals surface area (Å²) in [5, 5.41) is 3.33. The van der Waals surface area contributed by atoms with E-state index in [0.29, 0.717) is 19.1 Å². The van der Waals surface area contributed by atoms with Crippen molar-refractivity contribution >= 4 is 5.91 Å². The largest absolute Gasteiger partial charge is 0.383 e. The molecular weight excluding hydrogens is 192 g/mol. The molecular formula is C11H20N2O2. The van der Waals surface area contributed by atoms with Crippen molar-refractivity contribution in [1.29, 1.82) is 0 Å². The van der Waals surface area contributed by atoms with Crippen LogP contribution in [0.2, 0.25) is 0 Å². The van der Waals surface area contributed by atoms with Crippen molar-refractivity contribution in [2.75, 3.05) is 26.8 Å². The Balaban J connectivity index is 1.93. The summed E-state index contributed by atoms with van der Waals surface area (Å²) < 4.78 is 5.04. The molecule has 0 aromatic rings. The summed E-state index contributed by atoms with van der Waals surface area (Å²) in [5.74, 6) is 0.886. The van der Waals surface area contributed by atoms with Crippen LogP contribution < -0.4 is 5.32 Å². The highest BCUT2D eigenvalue weighted by atomic mass is 16.5. The number of methoxy groups -OCH3 is 1. The predicted molar refractivity (Wildman–Crippen MR) is 57.3 cm³/mol. The number of nitrogens with one attached hydrogen (secondary N) is 1. The van der Waals surface area contributed by atoms with Gasteiger partial charge >= 0.3 is 0 Å². The molecule has 15 heavy (non-hydrogen) atoms. The van der Waals surface area contributed by atoms with Gasteiger partial charge in [0.25, 0.3) is 0 Å². The summed E-state index contributed by atoms with van der Waals surface area (Å²) in [6.45, 7) is 1.87. The van der Waals surface area contributed by atoms with Crippen LogP contribution in [-0.4, -0.2) is 43.8 Å². The lowest BCUT2D eigenvalue weighted by molar-refractivity contribution is -0.129. The first-order valence-corrected chi connectivity index (χ1v) is 5.84. The number of carbonyl (C=O) groups excluding carboxylic acids is 1. The van der Waals surface area contributed by atoms with Crippen molar-refractivity contribution in [3.8, 4) is 0 Å². The Bertz CT molecular complexity index is 227. The molecule has 0 radical (unpaired) electrons. The van der Waals surface area contributed by atoms with Crippen LogP contribution in [0.3, 0.4) is 0 Å². The van der Waals surface area contributed by atoms with Gasteiger partial charge in [-0.25, -0.2) is 0 Å². The lowest BCUT2D eigenvalue weighted by Gasteiger charge is -2.28. The van der Waals surface area contributed by atoms with Crippen molar-refractivity contribution in [2.24, 2.45) is 5.92 Å². The van der Waals surface area contributed by atoms with Crippen LogP contribution in [0.4, 0.5) is 0 Å². The van der Waals surface area contributed by atoms with E-state index in [1.807, 2.05) is 4.90 Å². The number of ether oxygens (including phenoxy) is 1. The fourth-order valence-corrected chi connectivity index (χ4v) is 2.71. The second-order valence-electron chi connectivity index (χ2n) is 4.45. The van der Waals surface area contributed by atoms with Crippen LogP contribution in [-0.2, 0) is 9.53 Å². The maximum absolute atomic E-state index is 11.7. The molecule has 1 saturated carbocycles. The molecule has 0 spiro atoms. The molecule has 2 rings (SSSR count). The third-order valence-electron chi connectivity index (χ3n) is 3.50. The molecule has 1 N–H and O–H groups in total. The summed E-state index contributed by atoms with van der Waals surface area (Å²) in [5.41, 5.74) is 0. The summed E-state index contributed by atoms with van der Waals surface area (Å²) in [6.07, 6.45) is 5.42. The van der Waals surface area contributed by atoms with Gasteiger partial charge in [0.05, 0.1) is 19.3 Å². The lowest BCUT2D eigenvalue weighted by atomic mass is 10.0. The van der Waals surface area contributed by atoms with Gasteiger partial charge in [0.1, 0.15) is 0 Å². The van der Waals surface area contributed by atoms with Gasteiger partial charge in [0.2, 0.25) is 5.91 Å². The van der Waals surface area contributed by atoms with E-state index in [9.17, 15) is 4.79 Å². The van der Waals surface area contributed by atoms with Crippen molar-refractivity contribution in [2.45, 2.75) is 31.8 Å². The van der Waals surface area contributed by atoms with Crippen molar-refractivity contribution in [3.05, 3.63) is 0 Å². The lowest BCUT2D eigenvalue weighted by Crippen LogP contribution is -2.43. The number of carbonyl (C=O) groups is 1. The monoisotopic (exact) mass is 212 g/mol. The summed E-state index contributed by atoms with van der Waals surface area (Å²) in [7, 11) is 1.68. The van der Waals surface area contributed by atoms with E-state index < -0.39 is 0 Å². The number of rotatable bonds is 4. The Hall–Kier alpha value is -0.610. The van der Waals surface area contributed by atoms with E-state index in [0.717, 1.165) is 6.54 Å². The molecule has 0 aromatic carbocycles. The minimum absolute atomic E-state index is 0.226. The van der Waals surface area contributed by atoms with E-state index in [4.69, 9.17) is 4.74 Å². The molecule has 4 heteroatoms. The van der Waals surface area contributed by atoms with E-state index in [1.165, 1.54) is 25.7 Å². The van der Waals surface area contributed by atoms with E-state index in [1.54, 1.807) is 7.11 Å². The molecule has 1 aliphatic carbocycles. The highest BCUT2D eigenvalue weighted by molar-refractivity contribution is 5.80. The second kappa shape index (κ2) is 4.94. The smallest absolute Gasteiger partial charge is 0.237 e. The summed E-state index contributed by atoms with van der Waals surface area (Å²) in [4.78, 5) is 13.6.